The monoisotopic (exact) mass is 232 g/mol. The van der Waals surface area contributed by atoms with Crippen molar-refractivity contribution in [3.63, 3.8) is 0 Å². The average Bonchev–Trinajstić information content (AvgIpc) is 2.61. The third kappa shape index (κ3) is 2.47. The van der Waals surface area contributed by atoms with E-state index in [-0.39, 0.29) is 0 Å². The van der Waals surface area contributed by atoms with Gasteiger partial charge in [0.25, 0.3) is 0 Å². The maximum Gasteiger partial charge on any atom is 0.141 e. The van der Waals surface area contributed by atoms with Crippen LogP contribution in [0.2, 0.25) is 0 Å². The molecule has 0 saturated carbocycles. The Bertz CT molecular complexity index is 513. The van der Waals surface area contributed by atoms with Gasteiger partial charge in [-0.2, -0.15) is 0 Å². The summed E-state index contributed by atoms with van der Waals surface area (Å²) in [7, 11) is 0. The molecule has 0 saturated heterocycles. The van der Waals surface area contributed by atoms with E-state index < -0.39 is 0 Å². The number of nitrogens with two attached hydrogens (primary N) is 1. The van der Waals surface area contributed by atoms with Crippen LogP contribution in [0.4, 0.5) is 0 Å². The predicted octanol–water partition coefficient (Wildman–Crippen LogP) is 1.97. The molecule has 92 valence electrons. The molecule has 0 unspecified atom stereocenters. The Balaban J connectivity index is 2.46. The molecule has 0 radical (unpaired) electrons. The van der Waals surface area contributed by atoms with E-state index in [0.29, 0.717) is 12.5 Å². The van der Waals surface area contributed by atoms with Crippen LogP contribution in [0.3, 0.4) is 0 Å². The first-order chi connectivity index (χ1) is 8.11. The molecule has 2 rings (SSSR count). The van der Waals surface area contributed by atoms with Gasteiger partial charge in [-0.1, -0.05) is 13.8 Å². The number of aryl methyl sites for hydroxylation is 1. The number of rotatable bonds is 4. The summed E-state index contributed by atoms with van der Waals surface area (Å²) in [6.45, 7) is 7.05. The number of nitrogens with zero attached hydrogens (tertiary/aromatic N) is 2. The van der Waals surface area contributed by atoms with Gasteiger partial charge in [0, 0.05) is 18.0 Å². The molecule has 2 aromatic rings. The van der Waals surface area contributed by atoms with Crippen LogP contribution in [0.1, 0.15) is 30.9 Å². The molecular formula is C13H20N4. The third-order valence-electron chi connectivity index (χ3n) is 2.84. The minimum atomic E-state index is 0.574. The number of hydrogen-bond donors (Lipinski definition) is 2. The molecule has 0 aliphatic rings. The Kier molecular flexibility index (Phi) is 3.43. The summed E-state index contributed by atoms with van der Waals surface area (Å²) < 4.78 is 0. The van der Waals surface area contributed by atoms with Gasteiger partial charge in [0.15, 0.2) is 0 Å². The number of aromatic nitrogens is 3. The van der Waals surface area contributed by atoms with Crippen LogP contribution in [0.5, 0.6) is 0 Å². The molecule has 17 heavy (non-hydrogen) atoms. The topological polar surface area (TPSA) is 67.6 Å². The fraction of sp³-hybridized carbons (Fsp3) is 0.538. The molecule has 2 aromatic heterocycles. The highest BCUT2D eigenvalue weighted by atomic mass is 14.9. The van der Waals surface area contributed by atoms with Crippen molar-refractivity contribution in [2.24, 2.45) is 11.7 Å². The Labute approximate surface area is 102 Å². The molecule has 0 aromatic carbocycles. The molecule has 0 spiro atoms. The van der Waals surface area contributed by atoms with E-state index in [9.17, 15) is 0 Å². The highest BCUT2D eigenvalue weighted by Crippen LogP contribution is 2.20. The zero-order valence-corrected chi connectivity index (χ0v) is 10.7. The Morgan fingerprint density at radius 1 is 1.35 bits per heavy atom. The van der Waals surface area contributed by atoms with Gasteiger partial charge in [-0.05, 0) is 31.4 Å². The van der Waals surface area contributed by atoms with Gasteiger partial charge in [-0.25, -0.2) is 9.97 Å². The molecule has 0 bridgehead atoms. The molecule has 0 aliphatic carbocycles. The van der Waals surface area contributed by atoms with Gasteiger partial charge in [0.1, 0.15) is 11.5 Å². The summed E-state index contributed by atoms with van der Waals surface area (Å²) in [6, 6.07) is 0. The van der Waals surface area contributed by atoms with E-state index in [2.05, 4.69) is 28.8 Å². The number of aromatic amines is 1. The molecule has 4 nitrogen and oxygen atoms in total. The lowest BCUT2D eigenvalue weighted by Crippen LogP contribution is -2.05. The SMILES string of the molecule is Cc1nc(CC(C)C)nc2[nH]cc(CCN)c12. The molecule has 4 heteroatoms. The average molecular weight is 232 g/mol. The normalized spacial score (nSPS) is 11.6. The highest BCUT2D eigenvalue weighted by Gasteiger charge is 2.11. The van der Waals surface area contributed by atoms with Crippen molar-refractivity contribution in [2.45, 2.75) is 33.6 Å². The Morgan fingerprint density at radius 3 is 2.76 bits per heavy atom. The molecule has 2 heterocycles. The van der Waals surface area contributed by atoms with Crippen molar-refractivity contribution in [3.8, 4) is 0 Å². The summed E-state index contributed by atoms with van der Waals surface area (Å²) in [5, 5.41) is 1.14. The summed E-state index contributed by atoms with van der Waals surface area (Å²) in [5.74, 6) is 1.50. The lowest BCUT2D eigenvalue weighted by Gasteiger charge is -2.06. The predicted molar refractivity (Wildman–Crippen MR) is 69.9 cm³/mol. The van der Waals surface area contributed by atoms with Crippen LogP contribution in [0, 0.1) is 12.8 Å². The van der Waals surface area contributed by atoms with Crippen LogP contribution >= 0.6 is 0 Å². The molecule has 0 aliphatic heterocycles. The minimum absolute atomic E-state index is 0.574. The molecular weight excluding hydrogens is 212 g/mol. The van der Waals surface area contributed by atoms with Crippen molar-refractivity contribution in [3.05, 3.63) is 23.3 Å². The van der Waals surface area contributed by atoms with E-state index in [1.54, 1.807) is 0 Å². The summed E-state index contributed by atoms with van der Waals surface area (Å²) in [5.41, 5.74) is 8.81. The lowest BCUT2D eigenvalue weighted by atomic mass is 10.1. The second-order valence-corrected chi connectivity index (χ2v) is 4.90. The smallest absolute Gasteiger partial charge is 0.141 e. The number of fused-ring (bicyclic) bond motifs is 1. The summed E-state index contributed by atoms with van der Waals surface area (Å²) in [4.78, 5) is 12.4. The molecule has 0 amide bonds. The van der Waals surface area contributed by atoms with Crippen molar-refractivity contribution in [1.29, 1.82) is 0 Å². The standard InChI is InChI=1S/C13H20N4/c1-8(2)6-11-16-9(3)12-10(4-5-14)7-15-13(12)17-11/h7-8H,4-6,14H2,1-3H3,(H,15,16,17). The number of H-pyrrole nitrogens is 1. The van der Waals surface area contributed by atoms with Crippen molar-refractivity contribution in [1.82, 2.24) is 15.0 Å². The van der Waals surface area contributed by atoms with Crippen molar-refractivity contribution in [2.75, 3.05) is 6.54 Å². The first-order valence-electron chi connectivity index (χ1n) is 6.15. The van der Waals surface area contributed by atoms with Crippen LogP contribution in [-0.2, 0) is 12.8 Å². The largest absolute Gasteiger partial charge is 0.346 e. The van der Waals surface area contributed by atoms with Crippen LogP contribution in [0.15, 0.2) is 6.20 Å². The van der Waals surface area contributed by atoms with E-state index in [1.165, 1.54) is 5.56 Å². The van der Waals surface area contributed by atoms with Crippen molar-refractivity contribution < 1.29 is 0 Å². The van der Waals surface area contributed by atoms with Gasteiger partial charge < -0.3 is 10.7 Å². The minimum Gasteiger partial charge on any atom is -0.346 e. The van der Waals surface area contributed by atoms with Crippen molar-refractivity contribution >= 4 is 11.0 Å². The van der Waals surface area contributed by atoms with Crippen LogP contribution in [0.25, 0.3) is 11.0 Å². The first-order valence-corrected chi connectivity index (χ1v) is 6.15. The fourth-order valence-electron chi connectivity index (χ4n) is 2.16. The van der Waals surface area contributed by atoms with E-state index in [1.807, 2.05) is 13.1 Å². The van der Waals surface area contributed by atoms with Gasteiger partial charge in [0.05, 0.1) is 5.69 Å². The molecule has 0 atom stereocenters. The third-order valence-corrected chi connectivity index (χ3v) is 2.84. The first kappa shape index (κ1) is 12.0. The van der Waals surface area contributed by atoms with Gasteiger partial charge in [-0.3, -0.25) is 0 Å². The van der Waals surface area contributed by atoms with Crippen LogP contribution in [-0.4, -0.2) is 21.5 Å². The zero-order chi connectivity index (χ0) is 12.4. The molecule has 3 N–H and O–H groups in total. The highest BCUT2D eigenvalue weighted by molar-refractivity contribution is 5.82. The quantitative estimate of drug-likeness (QED) is 0.846. The maximum atomic E-state index is 5.60. The van der Waals surface area contributed by atoms with Crippen LogP contribution < -0.4 is 5.73 Å². The summed E-state index contributed by atoms with van der Waals surface area (Å²) >= 11 is 0. The second kappa shape index (κ2) is 4.84. The second-order valence-electron chi connectivity index (χ2n) is 4.90. The Hall–Kier alpha value is -1.42. The van der Waals surface area contributed by atoms with E-state index >= 15 is 0 Å². The Morgan fingerprint density at radius 2 is 2.12 bits per heavy atom. The van der Waals surface area contributed by atoms with E-state index in [0.717, 1.165) is 35.4 Å². The van der Waals surface area contributed by atoms with Gasteiger partial charge in [0.2, 0.25) is 0 Å². The van der Waals surface area contributed by atoms with Gasteiger partial charge in [-0.15, -0.1) is 0 Å². The van der Waals surface area contributed by atoms with Gasteiger partial charge >= 0.3 is 0 Å². The lowest BCUT2D eigenvalue weighted by molar-refractivity contribution is 0.621. The molecule has 0 fully saturated rings. The zero-order valence-electron chi connectivity index (χ0n) is 10.7. The maximum absolute atomic E-state index is 5.60. The van der Waals surface area contributed by atoms with E-state index in [4.69, 9.17) is 5.73 Å². The summed E-state index contributed by atoms with van der Waals surface area (Å²) in [6.07, 6.45) is 3.79. The number of nitrogens with one attached hydrogen (secondary N) is 1. The fourth-order valence-corrected chi connectivity index (χ4v) is 2.16. The number of hydrogen-bond acceptors (Lipinski definition) is 3.